The van der Waals surface area contributed by atoms with Crippen molar-refractivity contribution in [2.45, 2.75) is 66.1 Å². The normalized spacial score (nSPS) is 14.7. The first-order valence-corrected chi connectivity index (χ1v) is 20.7. The van der Waals surface area contributed by atoms with Gasteiger partial charge in [0.25, 0.3) is 0 Å². The van der Waals surface area contributed by atoms with Gasteiger partial charge in [-0.05, 0) is 129 Å². The Morgan fingerprint density at radius 1 is 0.532 bits per heavy atom. The van der Waals surface area contributed by atoms with Gasteiger partial charge in [0.15, 0.2) is 0 Å². The Labute approximate surface area is 380 Å². The monoisotopic (exact) mass is 817 g/mol. The van der Waals surface area contributed by atoms with Gasteiger partial charge in [-0.2, -0.15) is 0 Å². The lowest BCUT2D eigenvalue weighted by Gasteiger charge is -2.22. The highest BCUT2D eigenvalue weighted by atomic mass is 16.3. The number of aromatic nitrogens is 3. The van der Waals surface area contributed by atoms with Crippen LogP contribution in [0.25, 0.3) is 83.9 Å². The van der Waals surface area contributed by atoms with Crippen LogP contribution in [-0.2, 0) is 10.8 Å². The molecule has 0 bridgehead atoms. The minimum absolute atomic E-state index is 0.0126. The summed E-state index contributed by atoms with van der Waals surface area (Å²) in [4.78, 5) is 10.1. The predicted molar refractivity (Wildman–Crippen MR) is 260 cm³/mol. The van der Waals surface area contributed by atoms with Gasteiger partial charge in [-0.3, -0.25) is 9.55 Å². The molecule has 0 saturated heterocycles. The van der Waals surface area contributed by atoms with Crippen molar-refractivity contribution in [3.8, 4) is 78.6 Å². The molecule has 0 aliphatic carbocycles. The van der Waals surface area contributed by atoms with Gasteiger partial charge >= 0.3 is 0 Å². The van der Waals surface area contributed by atoms with Crippen LogP contribution in [-0.4, -0.2) is 19.6 Å². The fraction of sp³-hybridized carbons (Fsp3) is 0.172. The first kappa shape index (κ1) is 30.1. The summed E-state index contributed by atoms with van der Waals surface area (Å²) in [6, 6.07) is 41.5. The van der Waals surface area contributed by atoms with Crippen LogP contribution in [0.4, 0.5) is 0 Å². The zero-order valence-corrected chi connectivity index (χ0v) is 35.6. The van der Waals surface area contributed by atoms with E-state index in [1.54, 1.807) is 36.4 Å². The lowest BCUT2D eigenvalue weighted by Crippen LogP contribution is -2.11. The number of nitrogens with zero attached hydrogens (tertiary/aromatic N) is 3. The van der Waals surface area contributed by atoms with E-state index in [2.05, 4.69) is 71.9 Å². The summed E-state index contributed by atoms with van der Waals surface area (Å²) in [5.41, 5.74) is 9.20. The van der Waals surface area contributed by atoms with E-state index >= 15 is 0 Å². The molecule has 2 heterocycles. The van der Waals surface area contributed by atoms with Gasteiger partial charge in [0.05, 0.1) is 33.5 Å². The molecule has 0 saturated carbocycles. The van der Waals surface area contributed by atoms with Crippen LogP contribution in [0.2, 0.25) is 0 Å². The van der Waals surface area contributed by atoms with Crippen molar-refractivity contribution >= 4 is 11.0 Å². The summed E-state index contributed by atoms with van der Waals surface area (Å²) in [5.74, 6) is 0.375. The number of pyridine rings is 1. The van der Waals surface area contributed by atoms with E-state index in [4.69, 9.17) is 23.7 Å². The van der Waals surface area contributed by atoms with Crippen molar-refractivity contribution in [1.82, 2.24) is 14.5 Å². The molecule has 0 radical (unpaired) electrons. The molecule has 0 aliphatic rings. The van der Waals surface area contributed by atoms with Crippen LogP contribution in [0.3, 0.4) is 0 Å². The fourth-order valence-electron chi connectivity index (χ4n) is 8.00. The topological polar surface area (TPSA) is 50.9 Å². The molecule has 4 nitrogen and oxygen atoms in total. The van der Waals surface area contributed by atoms with Crippen LogP contribution in [0.1, 0.15) is 77.5 Å². The maximum absolute atomic E-state index is 11.6. The number of fused-ring (bicyclic) bond motifs is 1. The molecule has 0 amide bonds. The second kappa shape index (κ2) is 15.8. The van der Waals surface area contributed by atoms with Crippen LogP contribution < -0.4 is 0 Å². The van der Waals surface area contributed by atoms with Crippen LogP contribution in [0.15, 0.2) is 170 Å². The zero-order valence-electron chi connectivity index (χ0n) is 45.6. The number of para-hydroxylation sites is 2. The predicted octanol–water partition coefficient (Wildman–Crippen LogP) is 15.3. The third-order valence-electron chi connectivity index (χ3n) is 11.4. The van der Waals surface area contributed by atoms with Gasteiger partial charge in [-0.15, -0.1) is 0 Å². The summed E-state index contributed by atoms with van der Waals surface area (Å²) in [7, 11) is 0. The molecule has 2 aromatic heterocycles. The third kappa shape index (κ3) is 7.74. The number of hydrogen-bond acceptors (Lipinski definition) is 3. The maximum atomic E-state index is 11.6. The highest BCUT2D eigenvalue weighted by molar-refractivity contribution is 5.98. The average molecular weight is 818 g/mol. The van der Waals surface area contributed by atoms with Gasteiger partial charge < -0.3 is 5.11 Å². The largest absolute Gasteiger partial charge is 0.507 e. The molecular weight excluding hydrogens is 755 g/mol. The number of hydrogen-bond donors (Lipinski definition) is 1. The summed E-state index contributed by atoms with van der Waals surface area (Å²) in [5, 5.41) is 11.6. The molecule has 0 aliphatic heterocycles. The smallest absolute Gasteiger partial charge is 0.149 e. The van der Waals surface area contributed by atoms with Crippen LogP contribution >= 0.6 is 0 Å². The van der Waals surface area contributed by atoms with Gasteiger partial charge in [0.2, 0.25) is 0 Å². The van der Waals surface area contributed by atoms with E-state index in [0.717, 1.165) is 38.9 Å². The van der Waals surface area contributed by atoms with Gasteiger partial charge in [-0.1, -0.05) is 156 Å². The van der Waals surface area contributed by atoms with Crippen molar-refractivity contribution in [3.63, 3.8) is 0 Å². The van der Waals surface area contributed by atoms with E-state index in [9.17, 15) is 5.11 Å². The Kier molecular flexibility index (Phi) is 7.65. The highest BCUT2D eigenvalue weighted by Crippen LogP contribution is 2.43. The van der Waals surface area contributed by atoms with E-state index in [-0.39, 0.29) is 27.7 Å². The molecule has 7 aromatic carbocycles. The second-order valence-electron chi connectivity index (χ2n) is 17.8. The summed E-state index contributed by atoms with van der Waals surface area (Å²) < 4.78 is 87.2. The third-order valence-corrected chi connectivity index (χ3v) is 11.4. The molecule has 0 unspecified atom stereocenters. The van der Waals surface area contributed by atoms with Crippen LogP contribution in [0.5, 0.6) is 5.75 Å². The lowest BCUT2D eigenvalue weighted by molar-refractivity contribution is 0.477. The number of phenols is 1. The quantitative estimate of drug-likeness (QED) is 0.174. The van der Waals surface area contributed by atoms with Gasteiger partial charge in [-0.25, -0.2) is 4.98 Å². The number of imidazole rings is 1. The average Bonchev–Trinajstić information content (AvgIpc) is 3.72. The summed E-state index contributed by atoms with van der Waals surface area (Å²) in [6.07, 6.45) is 1.53. The maximum Gasteiger partial charge on any atom is 0.149 e. The van der Waals surface area contributed by atoms with Crippen molar-refractivity contribution < 1.29 is 18.8 Å². The SMILES string of the molecule is [2H]c1c([2H])c(C([2H])([2H])[2H])c([2H])c([2H])c1-c1ccnc(-c2cc(-c3cccc4c3nc(-c3ccccc3O)n4-c3cc(C([2H])([2H])[2H])c(-c4ccccc4)cc3-c3ccc(C(C)(C)C)cc3)cc(C(C)(C)C)c2)c1. The van der Waals surface area contributed by atoms with E-state index in [1.165, 1.54) is 6.20 Å². The summed E-state index contributed by atoms with van der Waals surface area (Å²) in [6.45, 7) is 7.38. The molecule has 306 valence electrons. The van der Waals surface area contributed by atoms with Crippen molar-refractivity contribution in [2.24, 2.45) is 0 Å². The number of benzene rings is 7. The molecule has 1 N–H and O–H groups in total. The molecule has 62 heavy (non-hydrogen) atoms. The molecule has 0 spiro atoms. The minimum Gasteiger partial charge on any atom is -0.507 e. The highest BCUT2D eigenvalue weighted by Gasteiger charge is 2.25. The first-order valence-electron chi connectivity index (χ1n) is 25.7. The summed E-state index contributed by atoms with van der Waals surface area (Å²) >= 11 is 0. The van der Waals surface area contributed by atoms with Crippen molar-refractivity contribution in [3.05, 3.63) is 192 Å². The van der Waals surface area contributed by atoms with Crippen LogP contribution in [0, 0.1) is 13.7 Å². The Hall–Kier alpha value is -7.04. The Morgan fingerprint density at radius 3 is 1.94 bits per heavy atom. The molecule has 0 fully saturated rings. The zero-order chi connectivity index (χ0) is 51.8. The van der Waals surface area contributed by atoms with E-state index in [1.807, 2.05) is 77.4 Å². The minimum atomic E-state index is -2.85. The molecule has 9 aromatic rings. The molecular formula is C58H53N3O. The fourth-order valence-corrected chi connectivity index (χ4v) is 8.00. The lowest BCUT2D eigenvalue weighted by atomic mass is 9.83. The van der Waals surface area contributed by atoms with Gasteiger partial charge in [0, 0.05) is 31.1 Å². The number of phenolic OH excluding ortho intramolecular Hbond substituents is 1. The Morgan fingerprint density at radius 2 is 1.23 bits per heavy atom. The first-order chi connectivity index (χ1) is 33.8. The Balaban J connectivity index is 1.32. The molecule has 4 heteroatoms. The number of rotatable bonds is 7. The number of aromatic hydroxyl groups is 1. The van der Waals surface area contributed by atoms with E-state index < -0.39 is 43.4 Å². The molecule has 0 atom stereocenters. The van der Waals surface area contributed by atoms with Crippen molar-refractivity contribution in [1.29, 1.82) is 0 Å². The number of aryl methyl sites for hydroxylation is 1. The van der Waals surface area contributed by atoms with Crippen molar-refractivity contribution in [2.75, 3.05) is 0 Å². The molecule has 9 rings (SSSR count). The van der Waals surface area contributed by atoms with Gasteiger partial charge in [0.1, 0.15) is 11.6 Å². The standard InChI is InChI=1S/C58H53N3O/c1-37-21-23-39(24-22-37)42-29-30-59-51(35-42)44-32-43(33-46(34-44)58(6,7)8)47-18-14-19-52-55(47)60-56(48-17-12-13-20-54(48)62)61(52)53-31-38(2)49(40-15-10-9-11-16-40)36-50(53)41-25-27-45(28-26-41)57(3,4)5/h9-36,62H,1-8H3/i1D3,2D3,21D,22D,23D,24D. The van der Waals surface area contributed by atoms with E-state index in [0.29, 0.717) is 50.5 Å². The second-order valence-corrected chi connectivity index (χ2v) is 17.8. The Bertz CT molecular complexity index is 3540.